The molecular formula is C22H29N3O4S. The number of aryl methyl sites for hydroxylation is 1. The van der Waals surface area contributed by atoms with E-state index in [9.17, 15) is 13.2 Å². The molecule has 0 aromatic heterocycles. The molecule has 0 spiro atoms. The van der Waals surface area contributed by atoms with E-state index in [4.69, 9.17) is 4.74 Å². The Balaban J connectivity index is 1.71. The first-order valence-corrected chi connectivity index (χ1v) is 11.5. The van der Waals surface area contributed by atoms with Crippen LogP contribution in [-0.4, -0.2) is 52.0 Å². The van der Waals surface area contributed by atoms with Gasteiger partial charge in [0.1, 0.15) is 5.75 Å². The number of methoxy groups -OCH3 is 1. The summed E-state index contributed by atoms with van der Waals surface area (Å²) in [6, 6.07) is 12.1. The van der Waals surface area contributed by atoms with Crippen LogP contribution in [0.4, 0.5) is 5.69 Å². The second-order valence-electron chi connectivity index (χ2n) is 7.77. The van der Waals surface area contributed by atoms with Gasteiger partial charge in [0.25, 0.3) is 15.9 Å². The number of carbonyl (C=O) groups is 1. The second kappa shape index (κ2) is 9.06. The van der Waals surface area contributed by atoms with Gasteiger partial charge in [-0.25, -0.2) is 8.42 Å². The lowest BCUT2D eigenvalue weighted by atomic mass is 10.1. The maximum Gasteiger partial charge on any atom is 0.262 e. The van der Waals surface area contributed by atoms with Crippen LogP contribution in [0.3, 0.4) is 0 Å². The van der Waals surface area contributed by atoms with Crippen molar-refractivity contribution >= 4 is 21.6 Å². The van der Waals surface area contributed by atoms with Crippen molar-refractivity contribution in [2.24, 2.45) is 0 Å². The number of amides is 1. The van der Waals surface area contributed by atoms with Gasteiger partial charge in [-0.05, 0) is 75.7 Å². The van der Waals surface area contributed by atoms with Gasteiger partial charge in [0.05, 0.1) is 12.0 Å². The highest BCUT2D eigenvalue weighted by molar-refractivity contribution is 7.92. The maximum atomic E-state index is 12.9. The van der Waals surface area contributed by atoms with E-state index in [0.29, 0.717) is 35.2 Å². The van der Waals surface area contributed by atoms with Crippen LogP contribution in [0, 0.1) is 6.92 Å². The molecule has 2 aromatic rings. The van der Waals surface area contributed by atoms with E-state index in [1.807, 2.05) is 0 Å². The van der Waals surface area contributed by atoms with Crippen molar-refractivity contribution in [3.8, 4) is 5.75 Å². The minimum atomic E-state index is -3.85. The summed E-state index contributed by atoms with van der Waals surface area (Å²) in [4.78, 5) is 15.0. The molecule has 7 nitrogen and oxygen atoms in total. The molecule has 1 aliphatic carbocycles. The van der Waals surface area contributed by atoms with Crippen molar-refractivity contribution in [3.05, 3.63) is 53.6 Å². The summed E-state index contributed by atoms with van der Waals surface area (Å²) in [7, 11) is -0.236. The van der Waals surface area contributed by atoms with Gasteiger partial charge in [-0.1, -0.05) is 6.07 Å². The topological polar surface area (TPSA) is 87.7 Å². The molecule has 0 aliphatic heterocycles. The highest BCUT2D eigenvalue weighted by Crippen LogP contribution is 2.27. The first-order valence-electron chi connectivity index (χ1n) is 9.99. The number of hydrogen-bond acceptors (Lipinski definition) is 5. The van der Waals surface area contributed by atoms with E-state index in [1.165, 1.54) is 18.9 Å². The molecule has 0 radical (unpaired) electrons. The zero-order chi connectivity index (χ0) is 21.9. The Hall–Kier alpha value is -2.58. The minimum Gasteiger partial charge on any atom is -0.497 e. The summed E-state index contributed by atoms with van der Waals surface area (Å²) in [6.07, 6.45) is 2.41. The second-order valence-corrected chi connectivity index (χ2v) is 9.42. The zero-order valence-corrected chi connectivity index (χ0v) is 18.6. The molecule has 1 unspecified atom stereocenters. The Morgan fingerprint density at radius 3 is 2.47 bits per heavy atom. The van der Waals surface area contributed by atoms with Crippen LogP contribution in [-0.2, 0) is 10.0 Å². The maximum absolute atomic E-state index is 12.9. The zero-order valence-electron chi connectivity index (χ0n) is 17.8. The van der Waals surface area contributed by atoms with Gasteiger partial charge in [-0.2, -0.15) is 0 Å². The van der Waals surface area contributed by atoms with Gasteiger partial charge < -0.3 is 10.1 Å². The van der Waals surface area contributed by atoms with Crippen LogP contribution < -0.4 is 14.8 Å². The number of nitrogens with one attached hydrogen (secondary N) is 2. The third-order valence-corrected chi connectivity index (χ3v) is 6.98. The van der Waals surface area contributed by atoms with Gasteiger partial charge >= 0.3 is 0 Å². The van der Waals surface area contributed by atoms with Crippen molar-refractivity contribution in [1.29, 1.82) is 0 Å². The lowest BCUT2D eigenvalue weighted by Gasteiger charge is -2.24. The SMILES string of the molecule is COc1ccc(NS(=O)(=O)c2cc(C(=O)NCC(C)N(C)C3CC3)ccc2C)cc1. The molecule has 1 amide bonds. The summed E-state index contributed by atoms with van der Waals surface area (Å²) in [6.45, 7) is 4.28. The largest absolute Gasteiger partial charge is 0.497 e. The minimum absolute atomic E-state index is 0.0779. The Kier molecular flexibility index (Phi) is 6.67. The van der Waals surface area contributed by atoms with E-state index in [1.54, 1.807) is 50.4 Å². The number of nitrogens with zero attached hydrogens (tertiary/aromatic N) is 1. The Bertz CT molecular complexity index is 1000. The lowest BCUT2D eigenvalue weighted by Crippen LogP contribution is -2.41. The van der Waals surface area contributed by atoms with Gasteiger partial charge in [0, 0.05) is 29.9 Å². The average molecular weight is 432 g/mol. The Morgan fingerprint density at radius 1 is 1.20 bits per heavy atom. The molecule has 1 atom stereocenters. The predicted octanol–water partition coefficient (Wildman–Crippen LogP) is 3.02. The average Bonchev–Trinajstić information content (AvgIpc) is 3.57. The van der Waals surface area contributed by atoms with Crippen LogP contribution in [0.2, 0.25) is 0 Å². The van der Waals surface area contributed by atoms with E-state index in [-0.39, 0.29) is 16.8 Å². The van der Waals surface area contributed by atoms with Crippen LogP contribution >= 0.6 is 0 Å². The number of anilines is 1. The van der Waals surface area contributed by atoms with Crippen LogP contribution in [0.1, 0.15) is 35.7 Å². The van der Waals surface area contributed by atoms with Crippen LogP contribution in [0.25, 0.3) is 0 Å². The molecule has 30 heavy (non-hydrogen) atoms. The van der Waals surface area contributed by atoms with Crippen molar-refractivity contribution in [3.63, 3.8) is 0 Å². The lowest BCUT2D eigenvalue weighted by molar-refractivity contribution is 0.0939. The fourth-order valence-electron chi connectivity index (χ4n) is 3.23. The Morgan fingerprint density at radius 2 is 1.87 bits per heavy atom. The molecule has 2 N–H and O–H groups in total. The molecule has 1 saturated carbocycles. The summed E-state index contributed by atoms with van der Waals surface area (Å²) >= 11 is 0. The van der Waals surface area contributed by atoms with Gasteiger partial charge in [0.15, 0.2) is 0 Å². The molecule has 1 fully saturated rings. The predicted molar refractivity (Wildman–Crippen MR) is 118 cm³/mol. The number of hydrogen-bond donors (Lipinski definition) is 2. The number of benzene rings is 2. The molecule has 162 valence electrons. The number of rotatable bonds is 9. The first kappa shape index (κ1) is 22.1. The molecule has 1 aliphatic rings. The molecular weight excluding hydrogens is 402 g/mol. The monoisotopic (exact) mass is 431 g/mol. The standard InChI is InChI=1S/C22H29N3O4S/c1-15-5-6-17(22(26)23-14-16(2)25(3)19-9-10-19)13-21(15)30(27,28)24-18-7-11-20(29-4)12-8-18/h5-8,11-13,16,19,24H,9-10,14H2,1-4H3,(H,23,26). The van der Waals surface area contributed by atoms with E-state index < -0.39 is 10.0 Å². The number of likely N-dealkylation sites (N-methyl/N-ethyl adjacent to an activating group) is 1. The number of sulfonamides is 1. The van der Waals surface area contributed by atoms with E-state index >= 15 is 0 Å². The van der Waals surface area contributed by atoms with Crippen LogP contribution in [0.15, 0.2) is 47.4 Å². The van der Waals surface area contributed by atoms with E-state index in [2.05, 4.69) is 28.9 Å². The highest BCUT2D eigenvalue weighted by Gasteiger charge is 2.29. The molecule has 0 bridgehead atoms. The molecule has 3 rings (SSSR count). The molecule has 0 heterocycles. The summed E-state index contributed by atoms with van der Waals surface area (Å²) in [5.41, 5.74) is 1.30. The summed E-state index contributed by atoms with van der Waals surface area (Å²) in [5, 5.41) is 2.91. The number of ether oxygens (including phenoxy) is 1. The van der Waals surface area contributed by atoms with Gasteiger partial charge in [-0.3, -0.25) is 14.4 Å². The third-order valence-electron chi connectivity index (χ3n) is 5.46. The van der Waals surface area contributed by atoms with Crippen molar-refractivity contribution in [2.45, 2.75) is 43.7 Å². The third kappa shape index (κ3) is 5.31. The smallest absolute Gasteiger partial charge is 0.262 e. The fourth-order valence-corrected chi connectivity index (χ4v) is 4.56. The highest BCUT2D eigenvalue weighted by atomic mass is 32.2. The summed E-state index contributed by atoms with van der Waals surface area (Å²) in [5.74, 6) is 0.348. The summed E-state index contributed by atoms with van der Waals surface area (Å²) < 4.78 is 33.5. The van der Waals surface area contributed by atoms with Crippen molar-refractivity contribution < 1.29 is 17.9 Å². The molecule has 8 heteroatoms. The van der Waals surface area contributed by atoms with Crippen molar-refractivity contribution in [1.82, 2.24) is 10.2 Å². The fraction of sp³-hybridized carbons (Fsp3) is 0.409. The molecule has 0 saturated heterocycles. The van der Waals surface area contributed by atoms with Gasteiger partial charge in [0.2, 0.25) is 0 Å². The van der Waals surface area contributed by atoms with Crippen molar-refractivity contribution in [2.75, 3.05) is 25.4 Å². The van der Waals surface area contributed by atoms with Gasteiger partial charge in [-0.15, -0.1) is 0 Å². The van der Waals surface area contributed by atoms with E-state index in [0.717, 1.165) is 0 Å². The van der Waals surface area contributed by atoms with Crippen LogP contribution in [0.5, 0.6) is 5.75 Å². The first-order chi connectivity index (χ1) is 14.2. The quantitative estimate of drug-likeness (QED) is 0.637. The Labute approximate surface area is 178 Å². The molecule has 2 aromatic carbocycles. The normalized spacial score (nSPS) is 15.0. The number of carbonyl (C=O) groups excluding carboxylic acids is 1.